The van der Waals surface area contributed by atoms with Crippen LogP contribution in [0.2, 0.25) is 0 Å². The predicted molar refractivity (Wildman–Crippen MR) is 81.6 cm³/mol. The molecule has 1 saturated heterocycles. The van der Waals surface area contributed by atoms with Gasteiger partial charge in [0.2, 0.25) is 5.95 Å². The van der Waals surface area contributed by atoms with E-state index in [1.807, 2.05) is 25.1 Å². The molecule has 1 aromatic carbocycles. The van der Waals surface area contributed by atoms with Crippen LogP contribution in [0.5, 0.6) is 5.75 Å². The van der Waals surface area contributed by atoms with Gasteiger partial charge in [-0.2, -0.15) is 5.10 Å². The molecule has 1 aliphatic heterocycles. The molecule has 5 heteroatoms. The third-order valence-electron chi connectivity index (χ3n) is 3.78. The maximum atomic E-state index is 6.11. The summed E-state index contributed by atoms with van der Waals surface area (Å²) < 4.78 is 6.11. The molecule has 2 heterocycles. The van der Waals surface area contributed by atoms with Crippen molar-refractivity contribution in [3.8, 4) is 5.75 Å². The average molecular weight is 284 g/mol. The van der Waals surface area contributed by atoms with E-state index in [-0.39, 0.29) is 6.10 Å². The van der Waals surface area contributed by atoms with Crippen molar-refractivity contribution >= 4 is 5.95 Å². The normalized spacial score (nSPS) is 16.0. The standard InChI is InChI=1S/C16H20N4O/c1-12-5-3-4-6-15(12)21-14-7-9-20(10-8-14)16-18-13(2)11-17-19-16/h3-6,11,14H,7-10H2,1-2H3. The summed E-state index contributed by atoms with van der Waals surface area (Å²) in [5.41, 5.74) is 2.09. The molecular weight excluding hydrogens is 264 g/mol. The molecule has 1 aliphatic rings. The number of benzene rings is 1. The summed E-state index contributed by atoms with van der Waals surface area (Å²) in [4.78, 5) is 6.61. The minimum Gasteiger partial charge on any atom is -0.490 e. The smallest absolute Gasteiger partial charge is 0.245 e. The molecule has 5 nitrogen and oxygen atoms in total. The van der Waals surface area contributed by atoms with Gasteiger partial charge in [-0.3, -0.25) is 0 Å². The molecule has 1 aromatic heterocycles. The van der Waals surface area contributed by atoms with E-state index in [0.29, 0.717) is 0 Å². The Morgan fingerprint density at radius 2 is 1.90 bits per heavy atom. The fraction of sp³-hybridized carbons (Fsp3) is 0.438. The van der Waals surface area contributed by atoms with Crippen LogP contribution in [0.25, 0.3) is 0 Å². The zero-order valence-electron chi connectivity index (χ0n) is 12.5. The van der Waals surface area contributed by atoms with Crippen LogP contribution in [0.1, 0.15) is 24.1 Å². The Morgan fingerprint density at radius 3 is 2.62 bits per heavy atom. The molecule has 0 atom stereocenters. The number of aromatic nitrogens is 3. The van der Waals surface area contributed by atoms with Gasteiger partial charge in [0.1, 0.15) is 11.9 Å². The number of para-hydroxylation sites is 1. The fourth-order valence-electron chi connectivity index (χ4n) is 2.55. The molecule has 1 fully saturated rings. The number of aryl methyl sites for hydroxylation is 2. The monoisotopic (exact) mass is 284 g/mol. The largest absolute Gasteiger partial charge is 0.490 e. The first kappa shape index (κ1) is 13.8. The highest BCUT2D eigenvalue weighted by Gasteiger charge is 2.22. The molecule has 21 heavy (non-hydrogen) atoms. The third-order valence-corrected chi connectivity index (χ3v) is 3.78. The molecule has 3 rings (SSSR count). The van der Waals surface area contributed by atoms with Crippen molar-refractivity contribution in [2.24, 2.45) is 0 Å². The third kappa shape index (κ3) is 3.29. The number of nitrogens with zero attached hydrogens (tertiary/aromatic N) is 4. The number of ether oxygens (including phenoxy) is 1. The van der Waals surface area contributed by atoms with Crippen LogP contribution in [-0.4, -0.2) is 34.4 Å². The SMILES string of the molecule is Cc1cnnc(N2CCC(Oc3ccccc3C)CC2)n1. The first-order chi connectivity index (χ1) is 10.2. The number of hydrogen-bond donors (Lipinski definition) is 0. The topological polar surface area (TPSA) is 51.1 Å². The van der Waals surface area contributed by atoms with Gasteiger partial charge in [-0.05, 0) is 25.5 Å². The van der Waals surface area contributed by atoms with Gasteiger partial charge in [-0.1, -0.05) is 18.2 Å². The van der Waals surface area contributed by atoms with Crippen LogP contribution in [0, 0.1) is 13.8 Å². The number of rotatable bonds is 3. The van der Waals surface area contributed by atoms with Gasteiger partial charge in [-0.25, -0.2) is 4.98 Å². The van der Waals surface area contributed by atoms with Gasteiger partial charge in [-0.15, -0.1) is 5.10 Å². The molecule has 0 saturated carbocycles. The zero-order chi connectivity index (χ0) is 14.7. The summed E-state index contributed by atoms with van der Waals surface area (Å²) in [6.45, 7) is 5.83. The van der Waals surface area contributed by atoms with E-state index in [1.54, 1.807) is 6.20 Å². The molecule has 110 valence electrons. The second-order valence-corrected chi connectivity index (χ2v) is 5.47. The molecule has 0 bridgehead atoms. The first-order valence-electron chi connectivity index (χ1n) is 7.36. The molecule has 0 unspecified atom stereocenters. The van der Waals surface area contributed by atoms with Crippen LogP contribution in [-0.2, 0) is 0 Å². The van der Waals surface area contributed by atoms with E-state index < -0.39 is 0 Å². The van der Waals surface area contributed by atoms with E-state index in [0.717, 1.165) is 43.3 Å². The van der Waals surface area contributed by atoms with Crippen molar-refractivity contribution in [1.29, 1.82) is 0 Å². The Morgan fingerprint density at radius 1 is 1.14 bits per heavy atom. The average Bonchev–Trinajstić information content (AvgIpc) is 2.50. The van der Waals surface area contributed by atoms with Gasteiger partial charge in [0.05, 0.1) is 11.9 Å². The zero-order valence-corrected chi connectivity index (χ0v) is 12.5. The van der Waals surface area contributed by atoms with Gasteiger partial charge >= 0.3 is 0 Å². The van der Waals surface area contributed by atoms with E-state index >= 15 is 0 Å². The Kier molecular flexibility index (Phi) is 3.99. The highest BCUT2D eigenvalue weighted by Crippen LogP contribution is 2.23. The van der Waals surface area contributed by atoms with E-state index in [4.69, 9.17) is 4.74 Å². The highest BCUT2D eigenvalue weighted by molar-refractivity contribution is 5.33. The Hall–Kier alpha value is -2.17. The lowest BCUT2D eigenvalue weighted by molar-refractivity contribution is 0.169. The molecule has 0 radical (unpaired) electrons. The summed E-state index contributed by atoms with van der Waals surface area (Å²) in [5, 5.41) is 8.08. The van der Waals surface area contributed by atoms with Crippen LogP contribution in [0.15, 0.2) is 30.5 Å². The fourth-order valence-corrected chi connectivity index (χ4v) is 2.55. The van der Waals surface area contributed by atoms with Crippen LogP contribution in [0.4, 0.5) is 5.95 Å². The molecular formula is C16H20N4O. The Balaban J connectivity index is 1.59. The Bertz CT molecular complexity index is 609. The Labute approximate surface area is 125 Å². The lowest BCUT2D eigenvalue weighted by Gasteiger charge is -2.32. The van der Waals surface area contributed by atoms with E-state index in [1.165, 1.54) is 5.56 Å². The highest BCUT2D eigenvalue weighted by atomic mass is 16.5. The van der Waals surface area contributed by atoms with Gasteiger partial charge in [0, 0.05) is 25.9 Å². The second-order valence-electron chi connectivity index (χ2n) is 5.47. The molecule has 0 amide bonds. The minimum atomic E-state index is 0.264. The predicted octanol–water partition coefficient (Wildman–Crippen LogP) is 2.54. The first-order valence-corrected chi connectivity index (χ1v) is 7.36. The maximum Gasteiger partial charge on any atom is 0.245 e. The summed E-state index contributed by atoms with van der Waals surface area (Å²) in [7, 11) is 0. The molecule has 0 spiro atoms. The van der Waals surface area contributed by atoms with Crippen LogP contribution in [0.3, 0.4) is 0 Å². The van der Waals surface area contributed by atoms with Gasteiger partial charge in [0.15, 0.2) is 0 Å². The van der Waals surface area contributed by atoms with Crippen molar-refractivity contribution in [3.63, 3.8) is 0 Å². The van der Waals surface area contributed by atoms with Crippen molar-refractivity contribution in [1.82, 2.24) is 15.2 Å². The van der Waals surface area contributed by atoms with Crippen molar-refractivity contribution in [2.75, 3.05) is 18.0 Å². The summed E-state index contributed by atoms with van der Waals surface area (Å²) >= 11 is 0. The molecule has 2 aromatic rings. The molecule has 0 N–H and O–H groups in total. The van der Waals surface area contributed by atoms with Crippen LogP contribution < -0.4 is 9.64 Å². The van der Waals surface area contributed by atoms with Crippen molar-refractivity contribution in [3.05, 3.63) is 41.7 Å². The van der Waals surface area contributed by atoms with E-state index in [9.17, 15) is 0 Å². The van der Waals surface area contributed by atoms with Gasteiger partial charge in [0.25, 0.3) is 0 Å². The lowest BCUT2D eigenvalue weighted by Crippen LogP contribution is -2.39. The lowest BCUT2D eigenvalue weighted by atomic mass is 10.1. The number of piperidine rings is 1. The quantitative estimate of drug-likeness (QED) is 0.867. The summed E-state index contributed by atoms with van der Waals surface area (Å²) in [5.74, 6) is 1.72. The van der Waals surface area contributed by atoms with E-state index in [2.05, 4.69) is 33.1 Å². The summed E-state index contributed by atoms with van der Waals surface area (Å²) in [6, 6.07) is 8.17. The second kappa shape index (κ2) is 6.08. The molecule has 0 aliphatic carbocycles. The van der Waals surface area contributed by atoms with Crippen LogP contribution >= 0.6 is 0 Å². The van der Waals surface area contributed by atoms with Crippen molar-refractivity contribution < 1.29 is 4.74 Å². The minimum absolute atomic E-state index is 0.264. The van der Waals surface area contributed by atoms with Crippen molar-refractivity contribution in [2.45, 2.75) is 32.8 Å². The maximum absolute atomic E-state index is 6.11. The number of anilines is 1. The number of hydrogen-bond acceptors (Lipinski definition) is 5. The summed E-state index contributed by atoms with van der Waals surface area (Å²) in [6.07, 6.45) is 3.90. The van der Waals surface area contributed by atoms with Gasteiger partial charge < -0.3 is 9.64 Å².